The molecule has 7 rings (SSSR count). The van der Waals surface area contributed by atoms with Crippen LogP contribution in [-0.4, -0.2) is 64.9 Å². The number of fused-ring (bicyclic) bond motifs is 2. The number of hydrogen-bond donors (Lipinski definition) is 0. The minimum Gasteiger partial charge on any atom is -0.485 e. The van der Waals surface area contributed by atoms with Gasteiger partial charge in [-0.2, -0.15) is 0 Å². The summed E-state index contributed by atoms with van der Waals surface area (Å²) in [6.07, 6.45) is 3.01. The van der Waals surface area contributed by atoms with E-state index in [9.17, 15) is 4.79 Å². The topological polar surface area (TPSA) is 87.9 Å². The largest absolute Gasteiger partial charge is 0.485 e. The highest BCUT2D eigenvalue weighted by Gasteiger charge is 2.30. The Morgan fingerprint density at radius 1 is 1.05 bits per heavy atom. The van der Waals surface area contributed by atoms with Gasteiger partial charge < -0.3 is 23.5 Å². The number of piperidine rings is 1. The number of likely N-dealkylation sites (tertiary alicyclic amines) is 1. The number of ether oxygens (including phenoxy) is 4. The number of carbonyl (C=O) groups excluding carboxylic acids is 1. The molecule has 2 saturated heterocycles. The molecule has 3 aliphatic rings. The van der Waals surface area contributed by atoms with Crippen molar-refractivity contribution in [3.63, 3.8) is 0 Å². The van der Waals surface area contributed by atoms with Gasteiger partial charge in [0.25, 0.3) is 0 Å². The number of benzene rings is 2. The highest BCUT2D eigenvalue weighted by Crippen LogP contribution is 2.44. The summed E-state index contributed by atoms with van der Waals surface area (Å²) in [7, 11) is 1.37. The van der Waals surface area contributed by atoms with Crippen molar-refractivity contribution < 1.29 is 23.7 Å². The van der Waals surface area contributed by atoms with Crippen molar-refractivity contribution in [2.45, 2.75) is 50.5 Å². The average Bonchev–Trinajstić information content (AvgIpc) is 3.34. The van der Waals surface area contributed by atoms with Crippen LogP contribution in [0.2, 0.25) is 5.02 Å². The molecule has 5 heterocycles. The zero-order valence-electron chi connectivity index (χ0n) is 23.5. The van der Waals surface area contributed by atoms with Crippen LogP contribution in [0.5, 0.6) is 11.5 Å². The molecular formula is C32H33ClN4O5. The molecule has 0 amide bonds. The smallest absolute Gasteiger partial charge is 0.356 e. The van der Waals surface area contributed by atoms with Crippen LogP contribution in [0.15, 0.2) is 54.6 Å². The lowest BCUT2D eigenvalue weighted by Gasteiger charge is -2.35. The summed E-state index contributed by atoms with van der Waals surface area (Å²) in [6, 6.07) is 17.5. The molecule has 2 fully saturated rings. The van der Waals surface area contributed by atoms with Crippen LogP contribution in [0.1, 0.15) is 58.7 Å². The Balaban J connectivity index is 1.05. The molecule has 1 unspecified atom stereocenters. The van der Waals surface area contributed by atoms with Crippen molar-refractivity contribution in [3.8, 4) is 11.5 Å². The predicted molar refractivity (Wildman–Crippen MR) is 157 cm³/mol. The van der Waals surface area contributed by atoms with E-state index in [-0.39, 0.29) is 17.9 Å². The molecule has 0 bridgehead atoms. The van der Waals surface area contributed by atoms with Gasteiger partial charge in [0.1, 0.15) is 17.9 Å². The number of imidazole rings is 1. The van der Waals surface area contributed by atoms with Gasteiger partial charge >= 0.3 is 5.97 Å². The summed E-state index contributed by atoms with van der Waals surface area (Å²) < 4.78 is 25.4. The van der Waals surface area contributed by atoms with Gasteiger partial charge in [0.15, 0.2) is 28.9 Å². The lowest BCUT2D eigenvalue weighted by Crippen LogP contribution is -2.35. The van der Waals surface area contributed by atoms with Gasteiger partial charge in [-0.3, -0.25) is 4.90 Å². The van der Waals surface area contributed by atoms with E-state index in [0.717, 1.165) is 67.4 Å². The first kappa shape index (κ1) is 27.2. The fraction of sp³-hybridized carbons (Fsp3) is 0.406. The van der Waals surface area contributed by atoms with E-state index in [1.807, 2.05) is 36.4 Å². The minimum atomic E-state index is -0.453. The fourth-order valence-electron chi connectivity index (χ4n) is 6.10. The third-order valence-electron chi connectivity index (χ3n) is 8.54. The van der Waals surface area contributed by atoms with Gasteiger partial charge in [-0.05, 0) is 74.2 Å². The van der Waals surface area contributed by atoms with Crippen molar-refractivity contribution in [3.05, 3.63) is 82.3 Å². The Morgan fingerprint density at radius 2 is 1.86 bits per heavy atom. The van der Waals surface area contributed by atoms with E-state index in [1.54, 1.807) is 6.07 Å². The molecule has 218 valence electrons. The van der Waals surface area contributed by atoms with Crippen LogP contribution < -0.4 is 9.47 Å². The van der Waals surface area contributed by atoms with Crippen LogP contribution in [0.3, 0.4) is 0 Å². The summed E-state index contributed by atoms with van der Waals surface area (Å²) in [4.78, 5) is 24.1. The number of esters is 1. The molecule has 10 heteroatoms. The summed E-state index contributed by atoms with van der Waals surface area (Å²) in [5, 5.41) is 0.707. The number of rotatable bonds is 7. The Kier molecular flexibility index (Phi) is 7.48. The Morgan fingerprint density at radius 3 is 2.60 bits per heavy atom. The van der Waals surface area contributed by atoms with E-state index in [4.69, 9.17) is 35.5 Å². The van der Waals surface area contributed by atoms with Crippen molar-refractivity contribution in [2.75, 3.05) is 33.4 Å². The highest BCUT2D eigenvalue weighted by molar-refractivity contribution is 6.30. The molecule has 0 radical (unpaired) electrons. The summed E-state index contributed by atoms with van der Waals surface area (Å²) in [5.41, 5.74) is 4.02. The number of aromatic nitrogens is 3. The Hall–Kier alpha value is -3.66. The second kappa shape index (κ2) is 11.6. The van der Waals surface area contributed by atoms with Gasteiger partial charge in [-0.15, -0.1) is 0 Å². The first-order chi connectivity index (χ1) is 20.6. The van der Waals surface area contributed by atoms with Crippen LogP contribution in [0.25, 0.3) is 11.2 Å². The van der Waals surface area contributed by atoms with Gasteiger partial charge in [-0.1, -0.05) is 35.9 Å². The maximum Gasteiger partial charge on any atom is 0.356 e. The van der Waals surface area contributed by atoms with Crippen LogP contribution in [0, 0.1) is 0 Å². The lowest BCUT2D eigenvalue weighted by molar-refractivity contribution is -0.0593. The van der Waals surface area contributed by atoms with Gasteiger partial charge in [0, 0.05) is 17.2 Å². The number of carbonyl (C=O) groups is 1. The van der Waals surface area contributed by atoms with E-state index in [1.165, 1.54) is 12.7 Å². The normalized spacial score (nSPS) is 20.8. The van der Waals surface area contributed by atoms with Crippen molar-refractivity contribution in [1.29, 1.82) is 0 Å². The zero-order valence-corrected chi connectivity index (χ0v) is 24.3. The van der Waals surface area contributed by atoms with Crippen LogP contribution in [-0.2, 0) is 22.6 Å². The quantitative estimate of drug-likeness (QED) is 0.260. The van der Waals surface area contributed by atoms with Gasteiger partial charge in [-0.25, -0.2) is 14.8 Å². The van der Waals surface area contributed by atoms with E-state index in [2.05, 4.69) is 26.6 Å². The number of halogens is 1. The molecule has 0 N–H and O–H groups in total. The first-order valence-electron chi connectivity index (χ1n) is 14.5. The number of pyridine rings is 1. The Labute approximate surface area is 249 Å². The summed E-state index contributed by atoms with van der Waals surface area (Å²) in [5.74, 6) is 2.54. The molecule has 42 heavy (non-hydrogen) atoms. The van der Waals surface area contributed by atoms with Crippen molar-refractivity contribution in [1.82, 2.24) is 19.4 Å². The van der Waals surface area contributed by atoms with Gasteiger partial charge in [0.2, 0.25) is 0 Å². The molecule has 2 atom stereocenters. The fourth-order valence-corrected chi connectivity index (χ4v) is 6.23. The van der Waals surface area contributed by atoms with E-state index < -0.39 is 5.97 Å². The average molecular weight is 589 g/mol. The zero-order chi connectivity index (χ0) is 28.6. The standard InChI is InChI=1S/C32H33ClN4O5/c1-39-32(38)26-10-9-25-31(35-26)37(17-23-13-16-40-23)29(34-25)18-36-14-11-20(12-15-36)24-3-2-4-27-30(24)41-19-28(42-27)21-5-7-22(33)8-6-21/h2-10,20,23,28H,11-19H2,1H3/t23-,28?/m0/s1. The lowest BCUT2D eigenvalue weighted by atomic mass is 9.88. The highest BCUT2D eigenvalue weighted by atomic mass is 35.5. The third-order valence-corrected chi connectivity index (χ3v) is 8.79. The number of methoxy groups -OCH3 is 1. The second-order valence-electron chi connectivity index (χ2n) is 11.1. The molecule has 0 spiro atoms. The minimum absolute atomic E-state index is 0.140. The van der Waals surface area contributed by atoms with Crippen molar-refractivity contribution >= 4 is 28.7 Å². The third kappa shape index (κ3) is 5.32. The summed E-state index contributed by atoms with van der Waals surface area (Å²) >= 11 is 6.07. The molecule has 4 aromatic rings. The van der Waals surface area contributed by atoms with E-state index in [0.29, 0.717) is 36.3 Å². The Bertz CT molecular complexity index is 1590. The van der Waals surface area contributed by atoms with Crippen molar-refractivity contribution in [2.24, 2.45) is 0 Å². The molecule has 0 aliphatic carbocycles. The first-order valence-corrected chi connectivity index (χ1v) is 14.9. The number of para-hydroxylation sites is 1. The summed E-state index contributed by atoms with van der Waals surface area (Å²) in [6.45, 7) is 4.50. The van der Waals surface area contributed by atoms with Crippen LogP contribution in [0.4, 0.5) is 0 Å². The predicted octanol–water partition coefficient (Wildman–Crippen LogP) is 5.55. The molecule has 9 nitrogen and oxygen atoms in total. The molecule has 2 aromatic carbocycles. The van der Waals surface area contributed by atoms with E-state index >= 15 is 0 Å². The number of hydrogen-bond acceptors (Lipinski definition) is 8. The molecule has 0 saturated carbocycles. The maximum absolute atomic E-state index is 12.1. The maximum atomic E-state index is 12.1. The van der Waals surface area contributed by atoms with Crippen LogP contribution >= 0.6 is 11.6 Å². The SMILES string of the molecule is COC(=O)c1ccc2nc(CN3CCC(c4cccc5c4OCC(c4ccc(Cl)cc4)O5)CC3)n(C[C@@H]3CCO3)c2n1. The van der Waals surface area contributed by atoms with Gasteiger partial charge in [0.05, 0.1) is 26.3 Å². The monoisotopic (exact) mass is 588 g/mol. The molecular weight excluding hydrogens is 556 g/mol. The number of nitrogens with zero attached hydrogens (tertiary/aromatic N) is 4. The second-order valence-corrected chi connectivity index (χ2v) is 11.6. The molecule has 3 aliphatic heterocycles. The molecule has 2 aromatic heterocycles.